The zero-order valence-electron chi connectivity index (χ0n) is 11.5. The molecule has 19 heavy (non-hydrogen) atoms. The van der Waals surface area contributed by atoms with E-state index in [-0.39, 0.29) is 5.91 Å². The van der Waals surface area contributed by atoms with Crippen LogP contribution in [0.4, 0.5) is 0 Å². The van der Waals surface area contributed by atoms with E-state index in [1.165, 1.54) is 6.42 Å². The summed E-state index contributed by atoms with van der Waals surface area (Å²) in [7, 11) is 0. The molecule has 0 atom stereocenters. The number of aryl methyl sites for hydroxylation is 1. The summed E-state index contributed by atoms with van der Waals surface area (Å²) in [6.45, 7) is 4.29. The molecule has 0 saturated carbocycles. The van der Waals surface area contributed by atoms with Crippen molar-refractivity contribution in [2.75, 3.05) is 19.7 Å². The van der Waals surface area contributed by atoms with Gasteiger partial charge in [0.1, 0.15) is 0 Å². The van der Waals surface area contributed by atoms with Crippen LogP contribution >= 0.6 is 0 Å². The van der Waals surface area contributed by atoms with Gasteiger partial charge in [0.15, 0.2) is 0 Å². The van der Waals surface area contributed by atoms with Crippen molar-refractivity contribution in [2.45, 2.75) is 39.0 Å². The van der Waals surface area contributed by atoms with E-state index in [9.17, 15) is 4.79 Å². The molecular formula is C14H21N3O2. The molecule has 1 amide bonds. The number of hydrogen-bond acceptors (Lipinski definition) is 4. The second-order valence-corrected chi connectivity index (χ2v) is 4.75. The maximum absolute atomic E-state index is 12.0. The molecule has 1 fully saturated rings. The second-order valence-electron chi connectivity index (χ2n) is 4.75. The Balaban J connectivity index is 1.79. The number of carbonyl (C=O) groups excluding carboxylic acids is 1. The Kier molecular flexibility index (Phi) is 5.12. The zero-order chi connectivity index (χ0) is 13.5. The van der Waals surface area contributed by atoms with E-state index in [1.807, 2.05) is 11.8 Å². The minimum atomic E-state index is 0.244. The van der Waals surface area contributed by atoms with Gasteiger partial charge in [-0.15, -0.1) is 0 Å². The van der Waals surface area contributed by atoms with E-state index in [1.54, 1.807) is 12.4 Å². The fourth-order valence-electron chi connectivity index (χ4n) is 2.23. The summed E-state index contributed by atoms with van der Waals surface area (Å²) in [5.41, 5.74) is 0.980. The number of rotatable bonds is 5. The number of hydrogen-bond donors (Lipinski definition) is 0. The highest BCUT2D eigenvalue weighted by Crippen LogP contribution is 2.11. The van der Waals surface area contributed by atoms with Crippen LogP contribution in [0.25, 0.3) is 0 Å². The normalized spacial score (nSPS) is 15.3. The summed E-state index contributed by atoms with van der Waals surface area (Å²) < 4.78 is 5.18. The van der Waals surface area contributed by atoms with E-state index < -0.39 is 0 Å². The summed E-state index contributed by atoms with van der Waals surface area (Å²) in [6.07, 6.45) is 8.23. The van der Waals surface area contributed by atoms with Crippen LogP contribution in [0.2, 0.25) is 0 Å². The summed E-state index contributed by atoms with van der Waals surface area (Å²) >= 11 is 0. The minimum absolute atomic E-state index is 0.244. The molecular weight excluding hydrogens is 242 g/mol. The molecule has 0 N–H and O–H groups in total. The molecule has 2 heterocycles. The predicted octanol–water partition coefficient (Wildman–Crippen LogP) is 1.82. The van der Waals surface area contributed by atoms with Gasteiger partial charge in [-0.3, -0.25) is 4.79 Å². The first-order valence-corrected chi connectivity index (χ1v) is 7.01. The van der Waals surface area contributed by atoms with Crippen molar-refractivity contribution >= 4 is 5.91 Å². The summed E-state index contributed by atoms with van der Waals surface area (Å²) in [5.74, 6) is 0.244. The van der Waals surface area contributed by atoms with Crippen LogP contribution in [0, 0.1) is 0 Å². The highest BCUT2D eigenvalue weighted by molar-refractivity contribution is 5.76. The fraction of sp³-hybridized carbons (Fsp3) is 0.643. The smallest absolute Gasteiger partial charge is 0.316 e. The van der Waals surface area contributed by atoms with Crippen molar-refractivity contribution in [3.05, 3.63) is 18.0 Å². The quantitative estimate of drug-likeness (QED) is 0.813. The van der Waals surface area contributed by atoms with Crippen molar-refractivity contribution in [1.29, 1.82) is 0 Å². The molecule has 0 aliphatic carbocycles. The van der Waals surface area contributed by atoms with Crippen molar-refractivity contribution in [3.63, 3.8) is 0 Å². The molecule has 0 spiro atoms. The van der Waals surface area contributed by atoms with E-state index in [0.29, 0.717) is 25.5 Å². The lowest BCUT2D eigenvalue weighted by Gasteiger charge is -2.26. The molecule has 2 rings (SSSR count). The van der Waals surface area contributed by atoms with Gasteiger partial charge in [0.25, 0.3) is 0 Å². The number of piperidine rings is 1. The molecule has 1 aromatic rings. The molecule has 0 aromatic carbocycles. The fourth-order valence-corrected chi connectivity index (χ4v) is 2.23. The van der Waals surface area contributed by atoms with Crippen LogP contribution in [-0.2, 0) is 11.2 Å². The van der Waals surface area contributed by atoms with E-state index in [4.69, 9.17) is 4.74 Å². The van der Waals surface area contributed by atoms with Gasteiger partial charge in [-0.05, 0) is 38.2 Å². The van der Waals surface area contributed by atoms with Gasteiger partial charge in [-0.1, -0.05) is 0 Å². The third-order valence-electron chi connectivity index (χ3n) is 3.29. The second kappa shape index (κ2) is 7.07. The third-order valence-corrected chi connectivity index (χ3v) is 3.29. The number of likely N-dealkylation sites (tertiary alicyclic amines) is 1. The van der Waals surface area contributed by atoms with Crippen LogP contribution in [0.15, 0.2) is 12.4 Å². The number of nitrogens with zero attached hydrogens (tertiary/aromatic N) is 3. The summed E-state index contributed by atoms with van der Waals surface area (Å²) in [4.78, 5) is 22.2. The van der Waals surface area contributed by atoms with Crippen LogP contribution < -0.4 is 4.74 Å². The average molecular weight is 263 g/mol. The van der Waals surface area contributed by atoms with Crippen LogP contribution in [-0.4, -0.2) is 40.5 Å². The number of ether oxygens (including phenoxy) is 1. The minimum Gasteiger partial charge on any atom is -0.464 e. The van der Waals surface area contributed by atoms with Gasteiger partial charge in [-0.2, -0.15) is 0 Å². The van der Waals surface area contributed by atoms with Crippen LogP contribution in [0.5, 0.6) is 6.01 Å². The van der Waals surface area contributed by atoms with Crippen molar-refractivity contribution < 1.29 is 9.53 Å². The molecule has 5 heteroatoms. The Morgan fingerprint density at radius 2 is 1.95 bits per heavy atom. The highest BCUT2D eigenvalue weighted by Gasteiger charge is 2.16. The molecule has 1 aliphatic rings. The predicted molar refractivity (Wildman–Crippen MR) is 72.0 cm³/mol. The van der Waals surface area contributed by atoms with Crippen molar-refractivity contribution in [1.82, 2.24) is 14.9 Å². The Labute approximate surface area is 114 Å². The first kappa shape index (κ1) is 13.8. The molecule has 0 unspecified atom stereocenters. The number of aromatic nitrogens is 2. The largest absolute Gasteiger partial charge is 0.464 e. The molecule has 1 saturated heterocycles. The van der Waals surface area contributed by atoms with Gasteiger partial charge < -0.3 is 9.64 Å². The Bertz CT molecular complexity index is 400. The highest BCUT2D eigenvalue weighted by atomic mass is 16.5. The summed E-state index contributed by atoms with van der Waals surface area (Å²) in [5, 5.41) is 0. The van der Waals surface area contributed by atoms with Crippen molar-refractivity contribution in [3.8, 4) is 6.01 Å². The van der Waals surface area contributed by atoms with Crippen molar-refractivity contribution in [2.24, 2.45) is 0 Å². The van der Waals surface area contributed by atoms with Crippen LogP contribution in [0.1, 0.15) is 38.2 Å². The number of carbonyl (C=O) groups is 1. The zero-order valence-corrected chi connectivity index (χ0v) is 11.5. The average Bonchev–Trinajstić information content (AvgIpc) is 2.47. The molecule has 0 radical (unpaired) electrons. The Hall–Kier alpha value is -1.65. The van der Waals surface area contributed by atoms with E-state index >= 15 is 0 Å². The third kappa shape index (κ3) is 4.19. The summed E-state index contributed by atoms with van der Waals surface area (Å²) in [6, 6.07) is 0.397. The maximum atomic E-state index is 12.0. The van der Waals surface area contributed by atoms with Gasteiger partial charge in [0, 0.05) is 31.9 Å². The standard InChI is InChI=1S/C14H21N3O2/c1-2-19-14-15-10-12(11-16-14)6-7-13(18)17-8-4-3-5-9-17/h10-11H,2-9H2,1H3. The monoisotopic (exact) mass is 263 g/mol. The Morgan fingerprint density at radius 3 is 2.58 bits per heavy atom. The van der Waals surface area contributed by atoms with Gasteiger partial charge in [-0.25, -0.2) is 9.97 Å². The van der Waals surface area contributed by atoms with Gasteiger partial charge in [0.2, 0.25) is 5.91 Å². The first-order chi connectivity index (χ1) is 9.29. The molecule has 1 aromatic heterocycles. The topological polar surface area (TPSA) is 55.3 Å². The molecule has 104 valence electrons. The maximum Gasteiger partial charge on any atom is 0.316 e. The van der Waals surface area contributed by atoms with Gasteiger partial charge in [0.05, 0.1) is 6.61 Å². The lowest BCUT2D eigenvalue weighted by atomic mass is 10.1. The van der Waals surface area contributed by atoms with Gasteiger partial charge >= 0.3 is 6.01 Å². The first-order valence-electron chi connectivity index (χ1n) is 7.01. The van der Waals surface area contributed by atoms with Crippen LogP contribution in [0.3, 0.4) is 0 Å². The molecule has 1 aliphatic heterocycles. The van der Waals surface area contributed by atoms with E-state index in [0.717, 1.165) is 31.5 Å². The number of amides is 1. The molecule has 5 nitrogen and oxygen atoms in total. The Morgan fingerprint density at radius 1 is 1.26 bits per heavy atom. The lowest BCUT2D eigenvalue weighted by molar-refractivity contribution is -0.132. The van der Waals surface area contributed by atoms with E-state index in [2.05, 4.69) is 9.97 Å². The SMILES string of the molecule is CCOc1ncc(CCC(=O)N2CCCCC2)cn1. The molecule has 0 bridgehead atoms. The lowest BCUT2D eigenvalue weighted by Crippen LogP contribution is -2.35.